The smallest absolute Gasteiger partial charge is 0.283 e. The fourth-order valence-corrected chi connectivity index (χ4v) is 4.34. The standard InChI is InChI=1S/C21H27BrN2O2S/c1-15(2)24(16(3)4)21(14-18-8-10-19(22)11-9-18)23-27(25,26)20-12-6-17(5)7-13-20/h6-13,15-16H,14H2,1-5H3/b23-21-. The van der Waals surface area contributed by atoms with Crippen molar-refractivity contribution in [1.29, 1.82) is 0 Å². The molecule has 0 saturated heterocycles. The van der Waals surface area contributed by atoms with Gasteiger partial charge < -0.3 is 4.90 Å². The molecule has 0 aromatic heterocycles. The first-order chi connectivity index (χ1) is 12.6. The number of sulfonamides is 1. The average molecular weight is 451 g/mol. The first-order valence-corrected chi connectivity index (χ1v) is 11.3. The molecule has 27 heavy (non-hydrogen) atoms. The molecular formula is C21H27BrN2O2S. The molecule has 2 rings (SSSR count). The monoisotopic (exact) mass is 450 g/mol. The fourth-order valence-electron chi connectivity index (χ4n) is 3.05. The van der Waals surface area contributed by atoms with Gasteiger partial charge in [-0.15, -0.1) is 4.40 Å². The largest absolute Gasteiger partial charge is 0.354 e. The lowest BCUT2D eigenvalue weighted by molar-refractivity contribution is 0.288. The van der Waals surface area contributed by atoms with Gasteiger partial charge in [-0.05, 0) is 64.4 Å². The van der Waals surface area contributed by atoms with Crippen LogP contribution in [0.5, 0.6) is 0 Å². The summed E-state index contributed by atoms with van der Waals surface area (Å²) in [6.07, 6.45) is 0.453. The minimum Gasteiger partial charge on any atom is -0.354 e. The Kier molecular flexibility index (Phi) is 7.23. The van der Waals surface area contributed by atoms with E-state index in [1.165, 1.54) is 0 Å². The molecule has 0 heterocycles. The molecule has 2 aromatic rings. The zero-order chi connectivity index (χ0) is 20.2. The third kappa shape index (κ3) is 5.91. The second-order valence-electron chi connectivity index (χ2n) is 7.19. The van der Waals surface area contributed by atoms with Crippen LogP contribution in [-0.2, 0) is 16.4 Å². The molecule has 0 spiro atoms. The van der Waals surface area contributed by atoms with E-state index in [4.69, 9.17) is 0 Å². The van der Waals surface area contributed by atoms with Gasteiger partial charge in [0.2, 0.25) is 0 Å². The van der Waals surface area contributed by atoms with Crippen LogP contribution in [0.1, 0.15) is 38.8 Å². The van der Waals surface area contributed by atoms with Crippen LogP contribution in [0.4, 0.5) is 0 Å². The van der Waals surface area contributed by atoms with Crippen LogP contribution in [-0.4, -0.2) is 31.2 Å². The molecule has 6 heteroatoms. The van der Waals surface area contributed by atoms with Crippen LogP contribution >= 0.6 is 15.9 Å². The predicted octanol–water partition coefficient (Wildman–Crippen LogP) is 5.21. The van der Waals surface area contributed by atoms with Crippen LogP contribution in [0.25, 0.3) is 0 Å². The topological polar surface area (TPSA) is 49.7 Å². The fraction of sp³-hybridized carbons (Fsp3) is 0.381. The highest BCUT2D eigenvalue weighted by atomic mass is 79.9. The van der Waals surface area contributed by atoms with E-state index in [-0.39, 0.29) is 17.0 Å². The Morgan fingerprint density at radius 2 is 1.48 bits per heavy atom. The van der Waals surface area contributed by atoms with E-state index in [9.17, 15) is 8.42 Å². The van der Waals surface area contributed by atoms with Crippen molar-refractivity contribution in [1.82, 2.24) is 4.90 Å². The Morgan fingerprint density at radius 3 is 1.96 bits per heavy atom. The van der Waals surface area contributed by atoms with Crippen molar-refractivity contribution >= 4 is 31.8 Å². The summed E-state index contributed by atoms with van der Waals surface area (Å²) in [5.74, 6) is 0.558. The number of hydrogen-bond acceptors (Lipinski definition) is 2. The Balaban J connectivity index is 2.51. The van der Waals surface area contributed by atoms with Crippen molar-refractivity contribution in [2.24, 2.45) is 4.40 Å². The molecule has 0 aliphatic rings. The summed E-state index contributed by atoms with van der Waals surface area (Å²) in [4.78, 5) is 2.28. The normalized spacial score (nSPS) is 12.7. The highest BCUT2D eigenvalue weighted by molar-refractivity contribution is 9.10. The van der Waals surface area contributed by atoms with E-state index in [2.05, 4.69) is 52.9 Å². The number of halogens is 1. The molecule has 0 aliphatic carbocycles. The summed E-state index contributed by atoms with van der Waals surface area (Å²) in [7, 11) is -3.78. The Morgan fingerprint density at radius 1 is 0.963 bits per heavy atom. The van der Waals surface area contributed by atoms with E-state index >= 15 is 0 Å². The number of nitrogens with zero attached hydrogens (tertiary/aromatic N) is 2. The quantitative estimate of drug-likeness (QED) is 0.448. The SMILES string of the molecule is Cc1ccc(S(=O)(=O)/N=C(/Cc2ccc(Br)cc2)N(C(C)C)C(C)C)cc1. The molecule has 0 amide bonds. The molecule has 0 aliphatic heterocycles. The minimum atomic E-state index is -3.78. The summed E-state index contributed by atoms with van der Waals surface area (Å²) < 4.78 is 31.1. The maximum Gasteiger partial charge on any atom is 0.283 e. The number of hydrogen-bond donors (Lipinski definition) is 0. The first kappa shape index (κ1) is 21.6. The zero-order valence-electron chi connectivity index (χ0n) is 16.5. The molecule has 0 atom stereocenters. The Bertz CT molecular complexity index is 879. The lowest BCUT2D eigenvalue weighted by Gasteiger charge is -2.34. The van der Waals surface area contributed by atoms with E-state index in [1.54, 1.807) is 24.3 Å². The maximum absolute atomic E-state index is 12.9. The van der Waals surface area contributed by atoms with E-state index in [0.717, 1.165) is 15.6 Å². The summed E-state index contributed by atoms with van der Waals surface area (Å²) in [5.41, 5.74) is 2.03. The van der Waals surface area contributed by atoms with E-state index in [1.807, 2.05) is 31.2 Å². The van der Waals surface area contributed by atoms with Crippen LogP contribution in [0.3, 0.4) is 0 Å². The molecule has 0 N–H and O–H groups in total. The molecule has 0 fully saturated rings. The summed E-state index contributed by atoms with van der Waals surface area (Å²) in [6, 6.07) is 14.9. The van der Waals surface area contributed by atoms with Gasteiger partial charge in [0, 0.05) is 23.0 Å². The van der Waals surface area contributed by atoms with Crippen LogP contribution in [0, 0.1) is 6.92 Å². The number of aryl methyl sites for hydroxylation is 1. The van der Waals surface area contributed by atoms with Gasteiger partial charge in [0.15, 0.2) is 0 Å². The lowest BCUT2D eigenvalue weighted by atomic mass is 10.1. The Hall–Kier alpha value is -1.66. The molecular weight excluding hydrogens is 424 g/mol. The second kappa shape index (κ2) is 9.02. The van der Waals surface area contributed by atoms with Crippen LogP contribution in [0.15, 0.2) is 62.3 Å². The van der Waals surface area contributed by atoms with Crippen molar-refractivity contribution in [2.75, 3.05) is 0 Å². The molecule has 2 aromatic carbocycles. The van der Waals surface area contributed by atoms with Crippen molar-refractivity contribution < 1.29 is 8.42 Å². The van der Waals surface area contributed by atoms with Crippen molar-refractivity contribution in [3.8, 4) is 0 Å². The van der Waals surface area contributed by atoms with Gasteiger partial charge in [0.05, 0.1) is 4.90 Å². The van der Waals surface area contributed by atoms with E-state index in [0.29, 0.717) is 12.3 Å². The predicted molar refractivity (Wildman–Crippen MR) is 116 cm³/mol. The summed E-state index contributed by atoms with van der Waals surface area (Å²) in [5, 5.41) is 0. The third-order valence-electron chi connectivity index (χ3n) is 4.23. The van der Waals surface area contributed by atoms with Gasteiger partial charge >= 0.3 is 0 Å². The number of amidine groups is 1. The van der Waals surface area contributed by atoms with Gasteiger partial charge in [-0.2, -0.15) is 8.42 Å². The maximum atomic E-state index is 12.9. The minimum absolute atomic E-state index is 0.132. The molecule has 0 unspecified atom stereocenters. The highest BCUT2D eigenvalue weighted by Crippen LogP contribution is 2.19. The highest BCUT2D eigenvalue weighted by Gasteiger charge is 2.23. The van der Waals surface area contributed by atoms with Gasteiger partial charge in [-0.25, -0.2) is 0 Å². The molecule has 0 radical (unpaired) electrons. The first-order valence-electron chi connectivity index (χ1n) is 9.03. The van der Waals surface area contributed by atoms with Crippen LogP contribution in [0.2, 0.25) is 0 Å². The van der Waals surface area contributed by atoms with Gasteiger partial charge in [-0.1, -0.05) is 45.8 Å². The van der Waals surface area contributed by atoms with Crippen molar-refractivity contribution in [3.05, 3.63) is 64.1 Å². The Labute approximate surface area is 171 Å². The number of rotatable bonds is 6. The molecule has 0 bridgehead atoms. The van der Waals surface area contributed by atoms with Gasteiger partial charge in [0.25, 0.3) is 10.0 Å². The molecule has 4 nitrogen and oxygen atoms in total. The second-order valence-corrected chi connectivity index (χ2v) is 9.71. The lowest BCUT2D eigenvalue weighted by Crippen LogP contribution is -2.43. The van der Waals surface area contributed by atoms with Crippen molar-refractivity contribution in [2.45, 2.75) is 58.0 Å². The zero-order valence-corrected chi connectivity index (χ0v) is 18.9. The van der Waals surface area contributed by atoms with Crippen LogP contribution < -0.4 is 0 Å². The van der Waals surface area contributed by atoms with Gasteiger partial charge in [0.1, 0.15) is 5.84 Å². The van der Waals surface area contributed by atoms with E-state index < -0.39 is 10.0 Å². The summed E-state index contributed by atoms with van der Waals surface area (Å²) >= 11 is 3.44. The van der Waals surface area contributed by atoms with Gasteiger partial charge in [-0.3, -0.25) is 0 Å². The summed E-state index contributed by atoms with van der Waals surface area (Å²) in [6.45, 7) is 10.1. The molecule has 146 valence electrons. The number of benzene rings is 2. The molecule has 0 saturated carbocycles. The average Bonchev–Trinajstić information content (AvgIpc) is 2.56. The third-order valence-corrected chi connectivity index (χ3v) is 6.08. The van der Waals surface area contributed by atoms with Crippen molar-refractivity contribution in [3.63, 3.8) is 0 Å².